The molecule has 0 aliphatic rings. The quantitative estimate of drug-likeness (QED) is 0.771. The first-order valence-electron chi connectivity index (χ1n) is 7.54. The number of sulfonamides is 1. The number of nitrogens with two attached hydrogens (primary N) is 1. The molecule has 5 nitrogen and oxygen atoms in total. The molecule has 0 radical (unpaired) electrons. The van der Waals surface area contributed by atoms with Gasteiger partial charge in [0.25, 0.3) is 0 Å². The Morgan fingerprint density at radius 1 is 1.04 bits per heavy atom. The van der Waals surface area contributed by atoms with E-state index in [1.165, 1.54) is 12.1 Å². The van der Waals surface area contributed by atoms with Crippen molar-refractivity contribution in [2.45, 2.75) is 25.7 Å². The van der Waals surface area contributed by atoms with Gasteiger partial charge in [0.05, 0.1) is 10.5 Å². The van der Waals surface area contributed by atoms with E-state index in [1.807, 2.05) is 32.9 Å². The smallest absolute Gasteiger partial charge is 0.238 e. The first-order chi connectivity index (χ1) is 11.7. The van der Waals surface area contributed by atoms with E-state index >= 15 is 0 Å². The van der Waals surface area contributed by atoms with E-state index in [4.69, 9.17) is 9.66 Å². The van der Waals surface area contributed by atoms with Crippen molar-refractivity contribution in [3.63, 3.8) is 0 Å². The number of nitrogens with zero attached hydrogens (tertiary/aromatic N) is 1. The van der Waals surface area contributed by atoms with Gasteiger partial charge < -0.3 is 4.52 Å². The molecule has 0 aliphatic heterocycles. The Hall–Kier alpha value is -2.51. The molecule has 7 heteroatoms. The zero-order valence-corrected chi connectivity index (χ0v) is 14.8. The predicted molar refractivity (Wildman–Crippen MR) is 92.9 cm³/mol. The second-order valence-electron chi connectivity index (χ2n) is 6.04. The molecule has 1 heterocycles. The van der Waals surface area contributed by atoms with Crippen molar-refractivity contribution in [2.75, 3.05) is 0 Å². The van der Waals surface area contributed by atoms with Crippen molar-refractivity contribution in [1.29, 1.82) is 0 Å². The molecule has 3 aromatic rings. The summed E-state index contributed by atoms with van der Waals surface area (Å²) in [5.41, 5.74) is 4.88. The highest BCUT2D eigenvalue weighted by molar-refractivity contribution is 7.89. The molecule has 2 N–H and O–H groups in total. The van der Waals surface area contributed by atoms with Crippen LogP contribution in [0.25, 0.3) is 22.6 Å². The van der Waals surface area contributed by atoms with Crippen molar-refractivity contribution in [3.05, 3.63) is 58.9 Å². The number of hydrogen-bond acceptors (Lipinski definition) is 4. The second-order valence-corrected chi connectivity index (χ2v) is 7.60. The first-order valence-corrected chi connectivity index (χ1v) is 9.09. The van der Waals surface area contributed by atoms with Crippen LogP contribution in [0.3, 0.4) is 0 Å². The van der Waals surface area contributed by atoms with Gasteiger partial charge in [-0.25, -0.2) is 17.9 Å². The lowest BCUT2D eigenvalue weighted by Gasteiger charge is -2.07. The fraction of sp³-hybridized carbons (Fsp3) is 0.167. The summed E-state index contributed by atoms with van der Waals surface area (Å²) in [5.74, 6) is -0.528. The number of hydrogen-bond donors (Lipinski definition) is 1. The monoisotopic (exact) mass is 360 g/mol. The highest BCUT2D eigenvalue weighted by atomic mass is 32.2. The molecule has 1 aromatic heterocycles. The summed E-state index contributed by atoms with van der Waals surface area (Å²) < 4.78 is 42.2. The van der Waals surface area contributed by atoms with Gasteiger partial charge in [-0.3, -0.25) is 0 Å². The van der Waals surface area contributed by atoms with Gasteiger partial charge >= 0.3 is 0 Å². The second kappa shape index (κ2) is 6.09. The van der Waals surface area contributed by atoms with E-state index in [0.717, 1.165) is 28.3 Å². The van der Waals surface area contributed by atoms with Crippen molar-refractivity contribution >= 4 is 10.0 Å². The van der Waals surface area contributed by atoms with Crippen molar-refractivity contribution in [1.82, 2.24) is 5.16 Å². The van der Waals surface area contributed by atoms with Crippen LogP contribution in [-0.4, -0.2) is 13.6 Å². The van der Waals surface area contributed by atoms with Crippen LogP contribution >= 0.6 is 0 Å². The molecule has 25 heavy (non-hydrogen) atoms. The lowest BCUT2D eigenvalue weighted by atomic mass is 9.97. The third-order valence-corrected chi connectivity index (χ3v) is 4.89. The molecular formula is C18H17FN2O3S. The van der Waals surface area contributed by atoms with Gasteiger partial charge in [0, 0.05) is 11.6 Å². The summed E-state index contributed by atoms with van der Waals surface area (Å²) in [6, 6.07) is 9.14. The summed E-state index contributed by atoms with van der Waals surface area (Å²) in [5, 5.41) is 9.05. The standard InChI is InChI=1S/C18H17FN2O3S/c1-10-6-11(2)18(12(3)7-10)16-9-17(24-21-16)14-5-4-13(8-15(14)19)25(20,22)23/h4-9H,1-3H3,(H2,20,22,23). The van der Waals surface area contributed by atoms with Gasteiger partial charge in [0.1, 0.15) is 11.5 Å². The molecule has 0 atom stereocenters. The number of primary sulfonamides is 1. The number of aryl methyl sites for hydroxylation is 3. The Bertz CT molecular complexity index is 1050. The van der Waals surface area contributed by atoms with Crippen LogP contribution in [0.15, 0.2) is 45.8 Å². The number of rotatable bonds is 3. The maximum absolute atomic E-state index is 14.3. The van der Waals surface area contributed by atoms with Crippen LogP contribution in [0.4, 0.5) is 4.39 Å². The van der Waals surface area contributed by atoms with Crippen LogP contribution in [0, 0.1) is 26.6 Å². The minimum Gasteiger partial charge on any atom is -0.356 e. The van der Waals surface area contributed by atoms with Crippen LogP contribution in [0.2, 0.25) is 0 Å². The zero-order valence-electron chi connectivity index (χ0n) is 14.0. The molecule has 0 saturated carbocycles. The molecule has 0 unspecified atom stereocenters. The summed E-state index contributed by atoms with van der Waals surface area (Å²) in [4.78, 5) is -0.293. The van der Waals surface area contributed by atoms with Crippen LogP contribution < -0.4 is 5.14 Å². The molecule has 0 spiro atoms. The van der Waals surface area contributed by atoms with Gasteiger partial charge in [0.15, 0.2) is 5.76 Å². The third kappa shape index (κ3) is 3.33. The Morgan fingerprint density at radius 2 is 1.68 bits per heavy atom. The molecule has 0 fully saturated rings. The van der Waals surface area contributed by atoms with Crippen LogP contribution in [0.5, 0.6) is 0 Å². The molecule has 0 bridgehead atoms. The van der Waals surface area contributed by atoms with E-state index in [1.54, 1.807) is 6.07 Å². The molecule has 2 aromatic carbocycles. The van der Waals surface area contributed by atoms with Crippen molar-refractivity contribution in [2.24, 2.45) is 5.14 Å². The van der Waals surface area contributed by atoms with Gasteiger partial charge in [-0.2, -0.15) is 0 Å². The lowest BCUT2D eigenvalue weighted by Crippen LogP contribution is -2.12. The molecule has 0 saturated heterocycles. The predicted octanol–water partition coefficient (Wildman–Crippen LogP) is 3.72. The third-order valence-electron chi connectivity index (χ3n) is 3.98. The fourth-order valence-corrected chi connectivity index (χ4v) is 3.50. The normalized spacial score (nSPS) is 11.7. The zero-order chi connectivity index (χ0) is 18.4. The molecule has 0 aliphatic carbocycles. The largest absolute Gasteiger partial charge is 0.356 e. The summed E-state index contributed by atoms with van der Waals surface area (Å²) in [6.45, 7) is 5.97. The number of benzene rings is 2. The van der Waals surface area contributed by atoms with E-state index in [0.29, 0.717) is 5.69 Å². The highest BCUT2D eigenvalue weighted by Gasteiger charge is 2.17. The van der Waals surface area contributed by atoms with Gasteiger partial charge in [0.2, 0.25) is 10.0 Å². The van der Waals surface area contributed by atoms with Crippen LogP contribution in [0.1, 0.15) is 16.7 Å². The van der Waals surface area contributed by atoms with Gasteiger partial charge in [-0.15, -0.1) is 0 Å². The molecule has 3 rings (SSSR count). The summed E-state index contributed by atoms with van der Waals surface area (Å²) in [6.07, 6.45) is 0. The Kier molecular flexibility index (Phi) is 4.22. The minimum atomic E-state index is -3.96. The average molecular weight is 360 g/mol. The Morgan fingerprint density at radius 3 is 2.24 bits per heavy atom. The SMILES string of the molecule is Cc1cc(C)c(-c2cc(-c3ccc(S(N)(=O)=O)cc3F)on2)c(C)c1. The lowest BCUT2D eigenvalue weighted by molar-refractivity contribution is 0.432. The minimum absolute atomic E-state index is 0.119. The molecule has 130 valence electrons. The fourth-order valence-electron chi connectivity index (χ4n) is 2.98. The maximum Gasteiger partial charge on any atom is 0.238 e. The Balaban J connectivity index is 2.06. The molecule has 0 amide bonds. The van der Waals surface area contributed by atoms with Crippen molar-refractivity contribution in [3.8, 4) is 22.6 Å². The van der Waals surface area contributed by atoms with Crippen LogP contribution in [-0.2, 0) is 10.0 Å². The van der Waals surface area contributed by atoms with Gasteiger partial charge in [-0.05, 0) is 50.1 Å². The topological polar surface area (TPSA) is 86.2 Å². The van der Waals surface area contributed by atoms with E-state index in [-0.39, 0.29) is 16.2 Å². The van der Waals surface area contributed by atoms with E-state index in [9.17, 15) is 12.8 Å². The molecular weight excluding hydrogens is 343 g/mol. The summed E-state index contributed by atoms with van der Waals surface area (Å²) >= 11 is 0. The van der Waals surface area contributed by atoms with Gasteiger partial charge in [-0.1, -0.05) is 22.9 Å². The first kappa shape index (κ1) is 17.3. The van der Waals surface area contributed by atoms with E-state index in [2.05, 4.69) is 5.16 Å². The Labute approximate surface area is 145 Å². The maximum atomic E-state index is 14.3. The summed E-state index contributed by atoms with van der Waals surface area (Å²) in [7, 11) is -3.96. The number of halogens is 1. The van der Waals surface area contributed by atoms with E-state index < -0.39 is 15.8 Å². The average Bonchev–Trinajstić information content (AvgIpc) is 2.94. The van der Waals surface area contributed by atoms with Crippen molar-refractivity contribution < 1.29 is 17.3 Å². The number of aromatic nitrogens is 1. The highest BCUT2D eigenvalue weighted by Crippen LogP contribution is 2.32.